The molecule has 0 saturated heterocycles. The number of fused-ring (bicyclic) bond motifs is 1. The molecular formula is C33H32N2O5. The number of benzene rings is 4. The van der Waals surface area contributed by atoms with Gasteiger partial charge in [0.25, 0.3) is 6.01 Å². The second kappa shape index (κ2) is 11.9. The van der Waals surface area contributed by atoms with Crippen molar-refractivity contribution >= 4 is 23.1 Å². The molecule has 0 aliphatic carbocycles. The molecule has 40 heavy (non-hydrogen) atoms. The summed E-state index contributed by atoms with van der Waals surface area (Å²) >= 11 is 0. The second-order valence-electron chi connectivity index (χ2n) is 10.1. The molecule has 5 aromatic rings. The van der Waals surface area contributed by atoms with E-state index in [1.807, 2.05) is 84.9 Å². The monoisotopic (exact) mass is 536 g/mol. The van der Waals surface area contributed by atoms with Gasteiger partial charge in [0.05, 0.1) is 0 Å². The highest BCUT2D eigenvalue weighted by Crippen LogP contribution is 2.25. The largest absolute Gasteiger partial charge is 0.489 e. The Morgan fingerprint density at radius 2 is 1.57 bits per heavy atom. The molecule has 0 fully saturated rings. The highest BCUT2D eigenvalue weighted by molar-refractivity contribution is 5.76. The van der Waals surface area contributed by atoms with Crippen LogP contribution in [0.1, 0.15) is 30.5 Å². The SMILES string of the molecule is CC(C)(Oc1cccc(CCN(Cc2ccc(OCc3ccccc3)cc2)c2nc3ccccc3o2)c1)C(=O)O. The Morgan fingerprint density at radius 3 is 2.33 bits per heavy atom. The first-order chi connectivity index (χ1) is 19.4. The summed E-state index contributed by atoms with van der Waals surface area (Å²) in [6, 6.07) is 33.9. The zero-order valence-electron chi connectivity index (χ0n) is 22.6. The normalized spacial score (nSPS) is 11.3. The predicted octanol–water partition coefficient (Wildman–Crippen LogP) is 6.90. The standard InChI is InChI=1S/C33H32N2O5/c1-33(2,31(36)37)40-28-12-8-11-24(21-28)19-20-35(32-34-29-13-6-7-14-30(29)39-32)22-25-15-17-27(18-16-25)38-23-26-9-4-3-5-10-26/h3-18,21H,19-20,22-23H2,1-2H3,(H,36,37). The van der Waals surface area contributed by atoms with Crippen LogP contribution in [0.25, 0.3) is 11.1 Å². The highest BCUT2D eigenvalue weighted by atomic mass is 16.5. The van der Waals surface area contributed by atoms with Crippen molar-refractivity contribution in [2.24, 2.45) is 0 Å². The summed E-state index contributed by atoms with van der Waals surface area (Å²) in [5.74, 6) is 0.308. The molecule has 0 atom stereocenters. The number of aliphatic carboxylic acids is 1. The molecule has 0 radical (unpaired) electrons. The number of hydrogen-bond donors (Lipinski definition) is 1. The van der Waals surface area contributed by atoms with Crippen molar-refractivity contribution in [3.8, 4) is 11.5 Å². The van der Waals surface area contributed by atoms with Crippen LogP contribution in [0.5, 0.6) is 11.5 Å². The molecule has 0 aliphatic heterocycles. The van der Waals surface area contributed by atoms with Crippen LogP contribution in [0.2, 0.25) is 0 Å². The van der Waals surface area contributed by atoms with Crippen LogP contribution >= 0.6 is 0 Å². The number of carbonyl (C=O) groups is 1. The molecule has 1 N–H and O–H groups in total. The maximum atomic E-state index is 11.5. The molecule has 0 aliphatic rings. The van der Waals surface area contributed by atoms with Crippen molar-refractivity contribution in [3.63, 3.8) is 0 Å². The van der Waals surface area contributed by atoms with Gasteiger partial charge < -0.3 is 23.9 Å². The van der Waals surface area contributed by atoms with Gasteiger partial charge in [-0.3, -0.25) is 0 Å². The molecular weight excluding hydrogens is 504 g/mol. The summed E-state index contributed by atoms with van der Waals surface area (Å²) < 4.78 is 17.8. The van der Waals surface area contributed by atoms with E-state index in [0.717, 1.165) is 33.5 Å². The zero-order valence-corrected chi connectivity index (χ0v) is 22.6. The lowest BCUT2D eigenvalue weighted by molar-refractivity contribution is -0.152. The number of rotatable bonds is 12. The summed E-state index contributed by atoms with van der Waals surface area (Å²) in [4.78, 5) is 18.3. The minimum absolute atomic E-state index is 0.516. The maximum absolute atomic E-state index is 11.5. The van der Waals surface area contributed by atoms with E-state index >= 15 is 0 Å². The molecule has 1 aromatic heterocycles. The number of para-hydroxylation sites is 2. The van der Waals surface area contributed by atoms with Crippen molar-refractivity contribution in [1.29, 1.82) is 0 Å². The average Bonchev–Trinajstić information content (AvgIpc) is 3.39. The third-order valence-electron chi connectivity index (χ3n) is 6.56. The van der Waals surface area contributed by atoms with Gasteiger partial charge in [0.1, 0.15) is 23.6 Å². The van der Waals surface area contributed by atoms with Crippen molar-refractivity contribution in [3.05, 3.63) is 120 Å². The van der Waals surface area contributed by atoms with Crippen molar-refractivity contribution in [2.75, 3.05) is 11.4 Å². The Morgan fingerprint density at radius 1 is 0.850 bits per heavy atom. The third-order valence-corrected chi connectivity index (χ3v) is 6.56. The van der Waals surface area contributed by atoms with Gasteiger partial charge in [-0.15, -0.1) is 0 Å². The molecule has 4 aromatic carbocycles. The van der Waals surface area contributed by atoms with Crippen molar-refractivity contribution < 1.29 is 23.8 Å². The smallest absolute Gasteiger partial charge is 0.347 e. The highest BCUT2D eigenvalue weighted by Gasteiger charge is 2.29. The van der Waals surface area contributed by atoms with Crippen LogP contribution in [0.4, 0.5) is 6.01 Å². The zero-order chi connectivity index (χ0) is 28.0. The second-order valence-corrected chi connectivity index (χ2v) is 10.1. The fourth-order valence-corrected chi connectivity index (χ4v) is 4.26. The lowest BCUT2D eigenvalue weighted by Gasteiger charge is -2.23. The van der Waals surface area contributed by atoms with E-state index in [4.69, 9.17) is 18.9 Å². The quantitative estimate of drug-likeness (QED) is 0.186. The average molecular weight is 537 g/mol. The first kappa shape index (κ1) is 26.8. The van der Waals surface area contributed by atoms with Crippen LogP contribution in [0.15, 0.2) is 108 Å². The summed E-state index contributed by atoms with van der Waals surface area (Å²) in [6.07, 6.45) is 0.682. The van der Waals surface area contributed by atoms with Gasteiger partial charge in [-0.2, -0.15) is 4.98 Å². The van der Waals surface area contributed by atoms with Gasteiger partial charge in [0.2, 0.25) is 0 Å². The van der Waals surface area contributed by atoms with Gasteiger partial charge in [0.15, 0.2) is 11.2 Å². The number of carboxylic acids is 1. The summed E-state index contributed by atoms with van der Waals surface area (Å²) in [5, 5.41) is 9.42. The van der Waals surface area contributed by atoms with E-state index < -0.39 is 11.6 Å². The molecule has 1 heterocycles. The Labute approximate surface area is 233 Å². The van der Waals surface area contributed by atoms with Crippen LogP contribution in [-0.4, -0.2) is 28.2 Å². The fourth-order valence-electron chi connectivity index (χ4n) is 4.26. The fraction of sp³-hybridized carbons (Fsp3) is 0.212. The van der Waals surface area contributed by atoms with Gasteiger partial charge in [0, 0.05) is 13.1 Å². The van der Waals surface area contributed by atoms with Crippen molar-refractivity contribution in [2.45, 2.75) is 39.0 Å². The number of ether oxygens (including phenoxy) is 2. The molecule has 0 bridgehead atoms. The first-order valence-corrected chi connectivity index (χ1v) is 13.2. The van der Waals surface area contributed by atoms with E-state index in [2.05, 4.69) is 17.0 Å². The van der Waals surface area contributed by atoms with E-state index in [9.17, 15) is 9.90 Å². The molecule has 0 unspecified atom stereocenters. The summed E-state index contributed by atoms with van der Waals surface area (Å²) in [6.45, 7) is 4.81. The van der Waals surface area contributed by atoms with Gasteiger partial charge in [-0.1, -0.05) is 66.7 Å². The molecule has 5 rings (SSSR count). The van der Waals surface area contributed by atoms with Gasteiger partial charge in [-0.25, -0.2) is 4.79 Å². The van der Waals surface area contributed by atoms with Gasteiger partial charge >= 0.3 is 5.97 Å². The van der Waals surface area contributed by atoms with E-state index in [1.165, 1.54) is 13.8 Å². The Kier molecular flexibility index (Phi) is 8.01. The number of carboxylic acid groups (broad SMARTS) is 1. The van der Waals surface area contributed by atoms with Crippen LogP contribution in [0, 0.1) is 0 Å². The van der Waals surface area contributed by atoms with Gasteiger partial charge in [-0.05, 0) is 73.4 Å². The topological polar surface area (TPSA) is 85.0 Å². The van der Waals surface area contributed by atoms with E-state index in [1.54, 1.807) is 6.07 Å². The lowest BCUT2D eigenvalue weighted by Crippen LogP contribution is -2.37. The minimum atomic E-state index is -1.32. The molecule has 0 spiro atoms. The van der Waals surface area contributed by atoms with Crippen LogP contribution in [0.3, 0.4) is 0 Å². The van der Waals surface area contributed by atoms with Crippen LogP contribution < -0.4 is 14.4 Å². The molecule has 204 valence electrons. The van der Waals surface area contributed by atoms with Crippen molar-refractivity contribution in [1.82, 2.24) is 4.98 Å². The molecule has 7 nitrogen and oxygen atoms in total. The minimum Gasteiger partial charge on any atom is -0.489 e. The van der Waals surface area contributed by atoms with E-state index in [0.29, 0.717) is 37.9 Å². The Balaban J connectivity index is 1.30. The first-order valence-electron chi connectivity index (χ1n) is 13.2. The number of oxazole rings is 1. The molecule has 0 amide bonds. The number of aromatic nitrogens is 1. The Bertz CT molecular complexity index is 1530. The molecule has 7 heteroatoms. The van der Waals surface area contributed by atoms with Crippen LogP contribution in [-0.2, 0) is 24.4 Å². The third kappa shape index (κ3) is 6.80. The number of anilines is 1. The number of hydrogen-bond acceptors (Lipinski definition) is 6. The Hall–Kier alpha value is -4.78. The number of nitrogens with zero attached hydrogens (tertiary/aromatic N) is 2. The maximum Gasteiger partial charge on any atom is 0.347 e. The predicted molar refractivity (Wildman–Crippen MR) is 155 cm³/mol. The summed E-state index contributed by atoms with van der Waals surface area (Å²) in [7, 11) is 0. The lowest BCUT2D eigenvalue weighted by atomic mass is 10.1. The van der Waals surface area contributed by atoms with E-state index in [-0.39, 0.29) is 0 Å². The molecule has 0 saturated carbocycles. The summed E-state index contributed by atoms with van der Waals surface area (Å²) in [5.41, 5.74) is 3.45.